The van der Waals surface area contributed by atoms with E-state index in [1.807, 2.05) is 7.05 Å². The van der Waals surface area contributed by atoms with Gasteiger partial charge in [-0.1, -0.05) is 12.1 Å². The number of ether oxygens (including phenoxy) is 1. The van der Waals surface area contributed by atoms with Gasteiger partial charge in [0.25, 0.3) is 5.91 Å². The molecule has 1 aromatic rings. The van der Waals surface area contributed by atoms with Gasteiger partial charge in [0, 0.05) is 19.7 Å². The molecule has 1 amide bonds. The lowest BCUT2D eigenvalue weighted by Gasteiger charge is -2.35. The van der Waals surface area contributed by atoms with Crippen LogP contribution >= 0.6 is 0 Å². The lowest BCUT2D eigenvalue weighted by molar-refractivity contribution is -0.139. The fourth-order valence-electron chi connectivity index (χ4n) is 3.08. The largest absolute Gasteiger partial charge is 0.480 e. The van der Waals surface area contributed by atoms with E-state index < -0.39 is 6.10 Å². The molecule has 124 valence electrons. The van der Waals surface area contributed by atoms with Gasteiger partial charge in [-0.05, 0) is 50.7 Å². The summed E-state index contributed by atoms with van der Waals surface area (Å²) in [5.74, 6) is 0.726. The summed E-state index contributed by atoms with van der Waals surface area (Å²) < 4.78 is 5.70. The van der Waals surface area contributed by atoms with Crippen LogP contribution in [0, 0.1) is 17.2 Å². The molecule has 1 N–H and O–H groups in total. The summed E-state index contributed by atoms with van der Waals surface area (Å²) in [5.41, 5.74) is 0.429. The number of nitrogens with zero attached hydrogens (tertiary/aromatic N) is 2. The van der Waals surface area contributed by atoms with E-state index in [0.29, 0.717) is 17.2 Å². The first-order chi connectivity index (χ1) is 11.1. The first-order valence-electron chi connectivity index (χ1n) is 8.10. The van der Waals surface area contributed by atoms with Gasteiger partial charge < -0.3 is 14.7 Å². The summed E-state index contributed by atoms with van der Waals surface area (Å²) in [6, 6.07) is 9.20. The predicted octanol–water partition coefficient (Wildman–Crippen LogP) is 2.34. The Morgan fingerprint density at radius 2 is 2.04 bits per heavy atom. The van der Waals surface area contributed by atoms with Crippen LogP contribution in [-0.4, -0.2) is 41.7 Å². The van der Waals surface area contributed by atoms with Crippen LogP contribution < -0.4 is 4.74 Å². The molecule has 0 aromatic heterocycles. The minimum Gasteiger partial charge on any atom is -0.480 e. The summed E-state index contributed by atoms with van der Waals surface area (Å²) in [4.78, 5) is 14.3. The van der Waals surface area contributed by atoms with Gasteiger partial charge in [-0.3, -0.25) is 4.79 Å². The topological polar surface area (TPSA) is 73.6 Å². The standard InChI is InChI=1S/C18H24N2O3/c1-13(23-17-6-4-3-5-15(17)11-19)18(22)20(2)16-9-7-14(12-21)8-10-16/h3-6,13-14,16,21H,7-10,12H2,1-2H3. The van der Waals surface area contributed by atoms with Crippen molar-refractivity contribution in [3.8, 4) is 11.8 Å². The molecule has 0 spiro atoms. The van der Waals surface area contributed by atoms with E-state index in [-0.39, 0.29) is 18.6 Å². The zero-order valence-electron chi connectivity index (χ0n) is 13.7. The van der Waals surface area contributed by atoms with Gasteiger partial charge >= 0.3 is 0 Å². The van der Waals surface area contributed by atoms with Crippen molar-refractivity contribution in [3.05, 3.63) is 29.8 Å². The minimum absolute atomic E-state index is 0.0785. The molecule has 1 unspecified atom stereocenters. The average molecular weight is 316 g/mol. The fourth-order valence-corrected chi connectivity index (χ4v) is 3.08. The molecule has 0 bridgehead atoms. The maximum Gasteiger partial charge on any atom is 0.263 e. The molecule has 23 heavy (non-hydrogen) atoms. The van der Waals surface area contributed by atoms with Crippen LogP contribution in [0.1, 0.15) is 38.2 Å². The maximum absolute atomic E-state index is 12.6. The van der Waals surface area contributed by atoms with Gasteiger partial charge in [-0.15, -0.1) is 0 Å². The van der Waals surface area contributed by atoms with Crippen LogP contribution in [0.4, 0.5) is 0 Å². The lowest BCUT2D eigenvalue weighted by atomic mass is 9.86. The summed E-state index contributed by atoms with van der Waals surface area (Å²) >= 11 is 0. The molecule has 2 rings (SSSR count). The number of amides is 1. The van der Waals surface area contributed by atoms with Gasteiger partial charge in [-0.2, -0.15) is 5.26 Å². The van der Waals surface area contributed by atoms with Crippen molar-refractivity contribution in [1.29, 1.82) is 5.26 Å². The van der Waals surface area contributed by atoms with Crippen LogP contribution in [0.25, 0.3) is 0 Å². The highest BCUT2D eigenvalue weighted by Gasteiger charge is 2.29. The Hall–Kier alpha value is -2.06. The number of benzene rings is 1. The second kappa shape index (κ2) is 7.98. The SMILES string of the molecule is CC(Oc1ccccc1C#N)C(=O)N(C)C1CCC(CO)CC1. The Bertz CT molecular complexity index is 574. The van der Waals surface area contributed by atoms with Crippen molar-refractivity contribution in [3.63, 3.8) is 0 Å². The third-order valence-corrected chi connectivity index (χ3v) is 4.63. The molecule has 0 heterocycles. The molecular formula is C18H24N2O3. The van der Waals surface area contributed by atoms with Gasteiger partial charge in [0.15, 0.2) is 6.10 Å². The van der Waals surface area contributed by atoms with Crippen molar-refractivity contribution < 1.29 is 14.6 Å². The van der Waals surface area contributed by atoms with E-state index in [2.05, 4.69) is 6.07 Å². The molecule has 1 aliphatic rings. The highest BCUT2D eigenvalue weighted by atomic mass is 16.5. The van der Waals surface area contributed by atoms with E-state index in [0.717, 1.165) is 25.7 Å². The summed E-state index contributed by atoms with van der Waals surface area (Å²) in [5, 5.41) is 18.3. The van der Waals surface area contributed by atoms with Crippen LogP contribution in [0.2, 0.25) is 0 Å². The molecular weight excluding hydrogens is 292 g/mol. The highest BCUT2D eigenvalue weighted by Crippen LogP contribution is 2.27. The number of hydrogen-bond acceptors (Lipinski definition) is 4. The number of carbonyl (C=O) groups is 1. The molecule has 0 saturated heterocycles. The molecule has 1 aliphatic carbocycles. The molecule has 0 radical (unpaired) electrons. The summed E-state index contributed by atoms with van der Waals surface area (Å²) in [7, 11) is 1.81. The number of carbonyl (C=O) groups excluding carboxylic acids is 1. The van der Waals surface area contributed by atoms with E-state index in [9.17, 15) is 9.90 Å². The van der Waals surface area contributed by atoms with Gasteiger partial charge in [0.1, 0.15) is 11.8 Å². The first-order valence-corrected chi connectivity index (χ1v) is 8.10. The smallest absolute Gasteiger partial charge is 0.263 e. The molecule has 1 aromatic carbocycles. The molecule has 1 atom stereocenters. The Morgan fingerprint density at radius 1 is 1.39 bits per heavy atom. The minimum atomic E-state index is -0.634. The monoisotopic (exact) mass is 316 g/mol. The zero-order chi connectivity index (χ0) is 16.8. The predicted molar refractivity (Wildman–Crippen MR) is 86.8 cm³/mol. The van der Waals surface area contributed by atoms with E-state index in [1.54, 1.807) is 36.1 Å². The van der Waals surface area contributed by atoms with E-state index >= 15 is 0 Å². The van der Waals surface area contributed by atoms with Gasteiger partial charge in [0.05, 0.1) is 5.56 Å². The number of hydrogen-bond donors (Lipinski definition) is 1. The molecule has 1 saturated carbocycles. The second-order valence-electron chi connectivity index (χ2n) is 6.17. The number of likely N-dealkylation sites (N-methyl/N-ethyl adjacent to an activating group) is 1. The van der Waals surface area contributed by atoms with Crippen LogP contribution in [0.5, 0.6) is 5.75 Å². The molecule has 1 fully saturated rings. The second-order valence-corrected chi connectivity index (χ2v) is 6.17. The van der Waals surface area contributed by atoms with Gasteiger partial charge in [0.2, 0.25) is 0 Å². The third-order valence-electron chi connectivity index (χ3n) is 4.63. The molecule has 5 nitrogen and oxygen atoms in total. The highest BCUT2D eigenvalue weighted by molar-refractivity contribution is 5.81. The number of nitriles is 1. The van der Waals surface area contributed by atoms with Crippen molar-refractivity contribution in [2.24, 2.45) is 5.92 Å². The quantitative estimate of drug-likeness (QED) is 0.905. The summed E-state index contributed by atoms with van der Waals surface area (Å²) in [6.45, 7) is 1.95. The van der Waals surface area contributed by atoms with Crippen LogP contribution in [-0.2, 0) is 4.79 Å². The van der Waals surface area contributed by atoms with Crippen molar-refractivity contribution in [2.45, 2.75) is 44.8 Å². The van der Waals surface area contributed by atoms with Crippen molar-refractivity contribution in [1.82, 2.24) is 4.90 Å². The average Bonchev–Trinajstić information content (AvgIpc) is 2.61. The lowest BCUT2D eigenvalue weighted by Crippen LogP contribution is -2.45. The van der Waals surface area contributed by atoms with Crippen molar-refractivity contribution >= 4 is 5.91 Å². The van der Waals surface area contributed by atoms with E-state index in [4.69, 9.17) is 10.00 Å². The Labute approximate surface area is 137 Å². The maximum atomic E-state index is 12.6. The van der Waals surface area contributed by atoms with Crippen LogP contribution in [0.15, 0.2) is 24.3 Å². The van der Waals surface area contributed by atoms with E-state index in [1.165, 1.54) is 0 Å². The van der Waals surface area contributed by atoms with Gasteiger partial charge in [-0.25, -0.2) is 0 Å². The first kappa shape index (κ1) is 17.3. The molecule has 0 aliphatic heterocycles. The summed E-state index contributed by atoms with van der Waals surface area (Å²) in [6.07, 6.45) is 3.09. The third kappa shape index (κ3) is 4.23. The number of aliphatic hydroxyl groups is 1. The Kier molecular flexibility index (Phi) is 6.00. The van der Waals surface area contributed by atoms with Crippen LogP contribution in [0.3, 0.4) is 0 Å². The number of rotatable bonds is 5. The Balaban J connectivity index is 1.95. The number of para-hydroxylation sites is 1. The zero-order valence-corrected chi connectivity index (χ0v) is 13.7. The normalized spacial score (nSPS) is 22.0. The van der Waals surface area contributed by atoms with Crippen molar-refractivity contribution in [2.75, 3.05) is 13.7 Å². The Morgan fingerprint density at radius 3 is 2.65 bits per heavy atom. The number of aliphatic hydroxyl groups excluding tert-OH is 1. The molecule has 5 heteroatoms. The fraction of sp³-hybridized carbons (Fsp3) is 0.556.